The molecular weight excluding hydrogens is 311 g/mol. The molecule has 1 aliphatic heterocycles. The number of rotatable bonds is 7. The number of hydrogen-bond acceptors (Lipinski definition) is 6. The Morgan fingerprint density at radius 3 is 2.96 bits per heavy atom. The number of hydrogen-bond donors (Lipinski definition) is 1. The second-order valence-electron chi connectivity index (χ2n) is 5.59. The fourth-order valence-electron chi connectivity index (χ4n) is 2.54. The minimum absolute atomic E-state index is 0.103. The Labute approximate surface area is 140 Å². The maximum Gasteiger partial charge on any atom is 0.148 e. The third-order valence-electron chi connectivity index (χ3n) is 3.80. The lowest BCUT2D eigenvalue weighted by Gasteiger charge is -2.32. The van der Waals surface area contributed by atoms with E-state index in [2.05, 4.69) is 20.4 Å². The van der Waals surface area contributed by atoms with Crippen molar-refractivity contribution in [2.75, 3.05) is 44.7 Å². The van der Waals surface area contributed by atoms with Crippen LogP contribution in [0.1, 0.15) is 0 Å². The first-order valence-corrected chi connectivity index (χ1v) is 8.03. The SMILES string of the molecule is Fc1ccc(OCCN2CCO[C@@H](CNc3cccnn3)C2)cc1. The van der Waals surface area contributed by atoms with E-state index >= 15 is 0 Å². The molecule has 0 aliphatic carbocycles. The van der Waals surface area contributed by atoms with Crippen LogP contribution in [0, 0.1) is 5.82 Å². The normalized spacial score (nSPS) is 18.3. The molecule has 6 nitrogen and oxygen atoms in total. The van der Waals surface area contributed by atoms with Crippen LogP contribution in [0.3, 0.4) is 0 Å². The molecule has 24 heavy (non-hydrogen) atoms. The number of benzene rings is 1. The molecule has 1 aromatic carbocycles. The summed E-state index contributed by atoms with van der Waals surface area (Å²) < 4.78 is 24.3. The third kappa shape index (κ3) is 5.14. The van der Waals surface area contributed by atoms with Gasteiger partial charge in [0.15, 0.2) is 0 Å². The summed E-state index contributed by atoms with van der Waals surface area (Å²) in [6.07, 6.45) is 1.75. The van der Waals surface area contributed by atoms with Crippen LogP contribution in [0.4, 0.5) is 10.2 Å². The third-order valence-corrected chi connectivity index (χ3v) is 3.80. The number of aromatic nitrogens is 2. The molecule has 0 bridgehead atoms. The van der Waals surface area contributed by atoms with Crippen LogP contribution >= 0.6 is 0 Å². The van der Waals surface area contributed by atoms with Gasteiger partial charge in [0.05, 0.1) is 12.7 Å². The number of nitrogens with one attached hydrogen (secondary N) is 1. The van der Waals surface area contributed by atoms with Crippen molar-refractivity contribution in [1.82, 2.24) is 15.1 Å². The first-order chi connectivity index (χ1) is 11.8. The highest BCUT2D eigenvalue weighted by atomic mass is 19.1. The van der Waals surface area contributed by atoms with Gasteiger partial charge in [-0.2, -0.15) is 5.10 Å². The highest BCUT2D eigenvalue weighted by Gasteiger charge is 2.20. The van der Waals surface area contributed by atoms with Gasteiger partial charge in [-0.3, -0.25) is 4.90 Å². The number of ether oxygens (including phenoxy) is 2. The zero-order valence-corrected chi connectivity index (χ0v) is 13.4. The van der Waals surface area contributed by atoms with Crippen LogP contribution in [0.15, 0.2) is 42.6 Å². The average Bonchev–Trinajstić information content (AvgIpc) is 2.63. The highest BCUT2D eigenvalue weighted by molar-refractivity contribution is 5.31. The van der Waals surface area contributed by atoms with Gasteiger partial charge in [-0.15, -0.1) is 5.10 Å². The number of morpholine rings is 1. The van der Waals surface area contributed by atoms with Gasteiger partial charge in [0.1, 0.15) is 24.0 Å². The molecule has 2 aromatic rings. The Morgan fingerprint density at radius 1 is 1.29 bits per heavy atom. The van der Waals surface area contributed by atoms with Gasteiger partial charge >= 0.3 is 0 Å². The smallest absolute Gasteiger partial charge is 0.148 e. The van der Waals surface area contributed by atoms with E-state index in [0.717, 1.165) is 25.5 Å². The lowest BCUT2D eigenvalue weighted by Crippen LogP contribution is -2.46. The molecule has 128 valence electrons. The number of halogens is 1. The van der Waals surface area contributed by atoms with Crippen molar-refractivity contribution in [3.05, 3.63) is 48.4 Å². The lowest BCUT2D eigenvalue weighted by molar-refractivity contribution is -0.0242. The summed E-state index contributed by atoms with van der Waals surface area (Å²) in [5, 5.41) is 11.1. The molecule has 1 aliphatic rings. The zero-order chi connectivity index (χ0) is 16.6. The van der Waals surface area contributed by atoms with Crippen molar-refractivity contribution in [2.45, 2.75) is 6.10 Å². The molecule has 0 radical (unpaired) electrons. The average molecular weight is 332 g/mol. The molecule has 1 aromatic heterocycles. The molecule has 3 rings (SSSR count). The summed E-state index contributed by atoms with van der Waals surface area (Å²) in [5.74, 6) is 1.18. The van der Waals surface area contributed by atoms with Crippen molar-refractivity contribution in [3.8, 4) is 5.75 Å². The van der Waals surface area contributed by atoms with Crippen LogP contribution in [-0.2, 0) is 4.74 Å². The van der Waals surface area contributed by atoms with Crippen LogP contribution in [-0.4, -0.2) is 60.6 Å². The van der Waals surface area contributed by atoms with E-state index in [1.807, 2.05) is 12.1 Å². The van der Waals surface area contributed by atoms with E-state index in [4.69, 9.17) is 9.47 Å². The van der Waals surface area contributed by atoms with E-state index in [-0.39, 0.29) is 11.9 Å². The first-order valence-electron chi connectivity index (χ1n) is 8.03. The minimum atomic E-state index is -0.256. The monoisotopic (exact) mass is 332 g/mol. The van der Waals surface area contributed by atoms with Crippen molar-refractivity contribution >= 4 is 5.82 Å². The summed E-state index contributed by atoms with van der Waals surface area (Å²) in [6, 6.07) is 9.81. The van der Waals surface area contributed by atoms with Crippen LogP contribution < -0.4 is 10.1 Å². The van der Waals surface area contributed by atoms with Gasteiger partial charge in [-0.05, 0) is 36.4 Å². The largest absolute Gasteiger partial charge is 0.492 e. The van der Waals surface area contributed by atoms with Gasteiger partial charge in [0.2, 0.25) is 0 Å². The fourth-order valence-corrected chi connectivity index (χ4v) is 2.54. The molecule has 1 atom stereocenters. The maximum absolute atomic E-state index is 12.8. The van der Waals surface area contributed by atoms with Gasteiger partial charge in [-0.25, -0.2) is 4.39 Å². The lowest BCUT2D eigenvalue weighted by atomic mass is 10.2. The Hall–Kier alpha value is -2.25. The maximum atomic E-state index is 12.8. The predicted molar refractivity (Wildman–Crippen MR) is 88.6 cm³/mol. The van der Waals surface area contributed by atoms with Crippen LogP contribution in [0.2, 0.25) is 0 Å². The summed E-state index contributed by atoms with van der Waals surface area (Å²) >= 11 is 0. The van der Waals surface area contributed by atoms with Crippen LogP contribution in [0.5, 0.6) is 5.75 Å². The zero-order valence-electron chi connectivity index (χ0n) is 13.4. The number of anilines is 1. The first kappa shape index (κ1) is 16.6. The molecule has 1 N–H and O–H groups in total. The Morgan fingerprint density at radius 2 is 2.17 bits per heavy atom. The summed E-state index contributed by atoms with van der Waals surface area (Å²) in [7, 11) is 0. The number of nitrogens with zero attached hydrogens (tertiary/aromatic N) is 3. The predicted octanol–water partition coefficient (Wildman–Crippen LogP) is 1.81. The molecule has 1 saturated heterocycles. The molecule has 2 heterocycles. The van der Waals surface area contributed by atoms with E-state index in [0.29, 0.717) is 25.5 Å². The Bertz CT molecular complexity index is 612. The van der Waals surface area contributed by atoms with E-state index in [1.54, 1.807) is 18.3 Å². The van der Waals surface area contributed by atoms with Crippen molar-refractivity contribution < 1.29 is 13.9 Å². The second kappa shape index (κ2) is 8.56. The topological polar surface area (TPSA) is 59.5 Å². The van der Waals surface area contributed by atoms with Crippen molar-refractivity contribution in [3.63, 3.8) is 0 Å². The Kier molecular flexibility index (Phi) is 5.92. The summed E-state index contributed by atoms with van der Waals surface area (Å²) in [6.45, 7) is 4.48. The van der Waals surface area contributed by atoms with Gasteiger partial charge in [-0.1, -0.05) is 0 Å². The second-order valence-corrected chi connectivity index (χ2v) is 5.59. The molecule has 0 spiro atoms. The molecule has 0 unspecified atom stereocenters. The van der Waals surface area contributed by atoms with Crippen molar-refractivity contribution in [1.29, 1.82) is 0 Å². The Balaban J connectivity index is 1.38. The highest BCUT2D eigenvalue weighted by Crippen LogP contribution is 2.12. The fraction of sp³-hybridized carbons (Fsp3) is 0.412. The van der Waals surface area contributed by atoms with E-state index in [1.165, 1.54) is 12.1 Å². The quantitative estimate of drug-likeness (QED) is 0.834. The van der Waals surface area contributed by atoms with Gasteiger partial charge < -0.3 is 14.8 Å². The van der Waals surface area contributed by atoms with Gasteiger partial charge in [0, 0.05) is 32.4 Å². The van der Waals surface area contributed by atoms with Gasteiger partial charge in [0.25, 0.3) is 0 Å². The molecule has 0 saturated carbocycles. The standard InChI is InChI=1S/C17H21FN4O2/c18-14-3-5-15(6-4-14)23-10-8-22-9-11-24-16(13-22)12-19-17-2-1-7-20-21-17/h1-7,16H,8-13H2,(H,19,21)/t16-/m0/s1. The van der Waals surface area contributed by atoms with E-state index < -0.39 is 0 Å². The van der Waals surface area contributed by atoms with E-state index in [9.17, 15) is 4.39 Å². The molecular formula is C17H21FN4O2. The molecule has 0 amide bonds. The minimum Gasteiger partial charge on any atom is -0.492 e. The summed E-state index contributed by atoms with van der Waals surface area (Å²) in [4.78, 5) is 2.30. The molecule has 1 fully saturated rings. The summed E-state index contributed by atoms with van der Waals surface area (Å²) in [5.41, 5.74) is 0. The van der Waals surface area contributed by atoms with Crippen molar-refractivity contribution in [2.24, 2.45) is 0 Å². The molecule has 7 heteroatoms. The van der Waals surface area contributed by atoms with Crippen LogP contribution in [0.25, 0.3) is 0 Å².